The van der Waals surface area contributed by atoms with E-state index in [1.54, 1.807) is 16.5 Å². The lowest BCUT2D eigenvalue weighted by Crippen LogP contribution is -2.51. The molecule has 4 nitrogen and oxygen atoms in total. The molecule has 0 spiro atoms. The van der Waals surface area contributed by atoms with E-state index in [1.807, 2.05) is 33.0 Å². The highest BCUT2D eigenvalue weighted by Gasteiger charge is 2.59. The van der Waals surface area contributed by atoms with E-state index in [0.717, 1.165) is 32.1 Å². The van der Waals surface area contributed by atoms with Crippen LogP contribution in [0.25, 0.3) is 0 Å². The lowest BCUT2D eigenvalue weighted by atomic mass is 9.47. The van der Waals surface area contributed by atoms with Crippen molar-refractivity contribution in [3.05, 3.63) is 30.1 Å². The van der Waals surface area contributed by atoms with E-state index in [2.05, 4.69) is 25.0 Å². The Kier molecular flexibility index (Phi) is 6.00. The van der Waals surface area contributed by atoms with Crippen molar-refractivity contribution in [2.45, 2.75) is 98.1 Å². The Morgan fingerprint density at radius 1 is 1.16 bits per heavy atom. The van der Waals surface area contributed by atoms with Gasteiger partial charge in [0, 0.05) is 18.3 Å². The van der Waals surface area contributed by atoms with E-state index in [0.29, 0.717) is 30.1 Å². The Morgan fingerprint density at radius 2 is 1.94 bits per heavy atom. The summed E-state index contributed by atoms with van der Waals surface area (Å²) in [6.07, 6.45) is 14.9. The van der Waals surface area contributed by atoms with E-state index in [1.165, 1.54) is 19.3 Å². The van der Waals surface area contributed by atoms with Gasteiger partial charge in [0.1, 0.15) is 0 Å². The molecule has 2 unspecified atom stereocenters. The minimum absolute atomic E-state index is 0.0990. The number of aliphatic hydroxyl groups is 1. The maximum atomic E-state index is 13.2. The van der Waals surface area contributed by atoms with Gasteiger partial charge in [0.05, 0.1) is 12.1 Å². The average Bonchev–Trinajstić information content (AvgIpc) is 3.37. The van der Waals surface area contributed by atoms with E-state index < -0.39 is 5.60 Å². The summed E-state index contributed by atoms with van der Waals surface area (Å²) in [5, 5.41) is 14.9. The second-order valence-corrected chi connectivity index (χ2v) is 11.3. The molecule has 1 N–H and O–H groups in total. The Morgan fingerprint density at radius 3 is 2.65 bits per heavy atom. The van der Waals surface area contributed by atoms with Gasteiger partial charge < -0.3 is 5.11 Å². The Labute approximate surface area is 188 Å². The van der Waals surface area contributed by atoms with Crippen molar-refractivity contribution in [2.75, 3.05) is 0 Å². The molecule has 0 saturated heterocycles. The number of ketones is 1. The average molecular weight is 427 g/mol. The highest BCUT2D eigenvalue weighted by Crippen LogP contribution is 2.66. The van der Waals surface area contributed by atoms with E-state index in [9.17, 15) is 9.90 Å². The lowest BCUT2D eigenvalue weighted by molar-refractivity contribution is -0.128. The molecular weight excluding hydrogens is 384 g/mol. The SMILES string of the molecule is CC.C[C@@]1(O)CC[C@]2(C)C3=CC[C@@]4(C)C(CC[C@@H]4C(=O)Cn4cccn4)C3CC[C@@H]2C1. The topological polar surface area (TPSA) is 55.1 Å². The van der Waals surface area contributed by atoms with Crippen molar-refractivity contribution in [1.82, 2.24) is 9.78 Å². The van der Waals surface area contributed by atoms with Gasteiger partial charge in [-0.3, -0.25) is 9.48 Å². The third kappa shape index (κ3) is 3.73. The summed E-state index contributed by atoms with van der Waals surface area (Å²) in [6.45, 7) is 11.3. The number of hydrogen-bond donors (Lipinski definition) is 1. The van der Waals surface area contributed by atoms with Crippen LogP contribution in [0.2, 0.25) is 0 Å². The number of Topliss-reactive ketones (excluding diaryl/α,β-unsaturated/α-hetero) is 1. The first kappa shape index (κ1) is 22.8. The molecule has 0 aromatic carbocycles. The summed E-state index contributed by atoms with van der Waals surface area (Å²) in [5.74, 6) is 2.41. The van der Waals surface area contributed by atoms with Crippen molar-refractivity contribution in [3.63, 3.8) is 0 Å². The number of carbonyl (C=O) groups excluding carboxylic acids is 1. The van der Waals surface area contributed by atoms with Crippen molar-refractivity contribution in [3.8, 4) is 0 Å². The second kappa shape index (κ2) is 8.17. The van der Waals surface area contributed by atoms with Gasteiger partial charge in [-0.25, -0.2) is 0 Å². The molecule has 5 rings (SSSR count). The van der Waals surface area contributed by atoms with Gasteiger partial charge in [0.2, 0.25) is 0 Å². The molecule has 31 heavy (non-hydrogen) atoms. The van der Waals surface area contributed by atoms with Crippen molar-refractivity contribution in [2.24, 2.45) is 34.5 Å². The van der Waals surface area contributed by atoms with Gasteiger partial charge in [0.25, 0.3) is 0 Å². The summed E-state index contributed by atoms with van der Waals surface area (Å²) in [5.41, 5.74) is 1.55. The quantitative estimate of drug-likeness (QED) is 0.621. The third-order valence-corrected chi connectivity index (χ3v) is 9.58. The smallest absolute Gasteiger partial charge is 0.157 e. The molecule has 4 aliphatic rings. The fourth-order valence-electron chi connectivity index (χ4n) is 7.90. The van der Waals surface area contributed by atoms with Gasteiger partial charge in [0.15, 0.2) is 5.78 Å². The predicted molar refractivity (Wildman–Crippen MR) is 124 cm³/mol. The van der Waals surface area contributed by atoms with Crippen LogP contribution in [-0.4, -0.2) is 26.3 Å². The van der Waals surface area contributed by atoms with Crippen molar-refractivity contribution < 1.29 is 9.90 Å². The number of allylic oxidation sites excluding steroid dienone is 2. The van der Waals surface area contributed by atoms with Crippen LogP contribution in [-0.2, 0) is 11.3 Å². The molecule has 7 atom stereocenters. The molecule has 0 aliphatic heterocycles. The minimum atomic E-state index is -0.488. The normalized spacial score (nSPS) is 43.6. The van der Waals surface area contributed by atoms with Gasteiger partial charge in [-0.1, -0.05) is 39.3 Å². The van der Waals surface area contributed by atoms with Crippen LogP contribution in [0.3, 0.4) is 0 Å². The zero-order valence-corrected chi connectivity index (χ0v) is 20.2. The summed E-state index contributed by atoms with van der Waals surface area (Å²) >= 11 is 0. The number of aromatic nitrogens is 2. The Bertz CT molecular complexity index is 826. The molecule has 4 aliphatic carbocycles. The van der Waals surface area contributed by atoms with Crippen molar-refractivity contribution >= 4 is 5.78 Å². The molecule has 3 saturated carbocycles. The molecule has 1 aromatic rings. The fourth-order valence-corrected chi connectivity index (χ4v) is 7.90. The maximum absolute atomic E-state index is 13.2. The van der Waals surface area contributed by atoms with Crippen LogP contribution in [0, 0.1) is 34.5 Å². The second-order valence-electron chi connectivity index (χ2n) is 11.3. The number of hydrogen-bond acceptors (Lipinski definition) is 3. The van der Waals surface area contributed by atoms with E-state index in [-0.39, 0.29) is 16.7 Å². The molecule has 1 heterocycles. The fraction of sp³-hybridized carbons (Fsp3) is 0.778. The number of carbonyl (C=O) groups is 1. The van der Waals surface area contributed by atoms with Crippen LogP contribution in [0.1, 0.15) is 86.0 Å². The summed E-state index contributed by atoms with van der Waals surface area (Å²) in [4.78, 5) is 13.2. The number of nitrogens with zero attached hydrogens (tertiary/aromatic N) is 2. The van der Waals surface area contributed by atoms with Crippen LogP contribution >= 0.6 is 0 Å². The van der Waals surface area contributed by atoms with Gasteiger partial charge in [-0.2, -0.15) is 5.10 Å². The van der Waals surface area contributed by atoms with Crippen LogP contribution in [0.4, 0.5) is 0 Å². The first-order valence-corrected chi connectivity index (χ1v) is 12.7. The minimum Gasteiger partial charge on any atom is -0.390 e. The molecule has 4 heteroatoms. The third-order valence-electron chi connectivity index (χ3n) is 9.58. The molecule has 172 valence electrons. The van der Waals surface area contributed by atoms with Crippen LogP contribution < -0.4 is 0 Å². The maximum Gasteiger partial charge on any atom is 0.157 e. The molecule has 1 aromatic heterocycles. The summed E-state index contributed by atoms with van der Waals surface area (Å²) in [6, 6.07) is 1.89. The molecule has 0 amide bonds. The van der Waals surface area contributed by atoms with E-state index in [4.69, 9.17) is 0 Å². The van der Waals surface area contributed by atoms with Gasteiger partial charge in [-0.15, -0.1) is 0 Å². The summed E-state index contributed by atoms with van der Waals surface area (Å²) < 4.78 is 1.78. The Hall–Kier alpha value is -1.42. The van der Waals surface area contributed by atoms with Gasteiger partial charge >= 0.3 is 0 Å². The van der Waals surface area contributed by atoms with Crippen LogP contribution in [0.5, 0.6) is 0 Å². The monoisotopic (exact) mass is 426 g/mol. The highest BCUT2D eigenvalue weighted by atomic mass is 16.3. The zero-order valence-electron chi connectivity index (χ0n) is 20.2. The molecule has 3 fully saturated rings. The van der Waals surface area contributed by atoms with E-state index >= 15 is 0 Å². The number of rotatable bonds is 3. The molecule has 0 bridgehead atoms. The standard InChI is InChI=1S/C25H36N2O2.C2H6/c1-23(29)11-12-24(2)17(15-23)5-6-18-19-7-8-21(25(19,3)10-9-20(18)24)22(28)16-27-14-4-13-26-27;1-2/h4,9,13-14,17-19,21,29H,5-8,10-12,15-16H2,1-3H3;1-2H3/t17-,18?,19?,21-,23-,24+,25+;/m1./s1. The largest absolute Gasteiger partial charge is 0.390 e. The van der Waals surface area contributed by atoms with Crippen molar-refractivity contribution in [1.29, 1.82) is 0 Å². The predicted octanol–water partition coefficient (Wildman–Crippen LogP) is 5.81. The van der Waals surface area contributed by atoms with Gasteiger partial charge in [-0.05, 0) is 92.9 Å². The highest BCUT2D eigenvalue weighted by molar-refractivity contribution is 5.82. The molecule has 0 radical (unpaired) electrons. The first-order chi connectivity index (χ1) is 14.7. The number of fused-ring (bicyclic) bond motifs is 5. The first-order valence-electron chi connectivity index (χ1n) is 12.7. The zero-order chi connectivity index (χ0) is 22.4. The lowest BCUT2D eigenvalue weighted by Gasteiger charge is -2.58. The summed E-state index contributed by atoms with van der Waals surface area (Å²) in [7, 11) is 0. The molecular formula is C27H42N2O2. The Balaban J connectivity index is 0.00000112. The van der Waals surface area contributed by atoms with Crippen LogP contribution in [0.15, 0.2) is 30.1 Å².